The highest BCUT2D eigenvalue weighted by molar-refractivity contribution is 5.38. The van der Waals surface area contributed by atoms with Crippen molar-refractivity contribution in [3.63, 3.8) is 0 Å². The average molecular weight is 263 g/mol. The third kappa shape index (κ3) is 3.71. The van der Waals surface area contributed by atoms with Crippen LogP contribution in [0.2, 0.25) is 0 Å². The third-order valence-corrected chi connectivity index (χ3v) is 3.88. The Balaban J connectivity index is 2.09. The van der Waals surface area contributed by atoms with E-state index in [1.54, 1.807) is 13.2 Å². The number of aryl methyl sites for hydroxylation is 1. The fraction of sp³-hybridized carbons (Fsp3) is 0.625. The molecule has 0 aliphatic heterocycles. The lowest BCUT2D eigenvalue weighted by Gasteiger charge is -2.30. The van der Waals surface area contributed by atoms with Crippen LogP contribution in [0.1, 0.15) is 49.8 Å². The summed E-state index contributed by atoms with van der Waals surface area (Å²) < 4.78 is 5.30. The Kier molecular flexibility index (Phi) is 5.23. The second-order valence-corrected chi connectivity index (χ2v) is 5.44. The number of benzene rings is 1. The van der Waals surface area contributed by atoms with Gasteiger partial charge in [0.1, 0.15) is 5.75 Å². The van der Waals surface area contributed by atoms with Crippen LogP contribution in [0.25, 0.3) is 0 Å². The highest BCUT2D eigenvalue weighted by Crippen LogP contribution is 2.32. The molecule has 2 unspecified atom stereocenters. The Labute approximate surface area is 116 Å². The molecule has 1 aromatic carbocycles. The number of fused-ring (bicyclic) bond motifs is 1. The molecule has 0 amide bonds. The monoisotopic (exact) mass is 263 g/mol. The van der Waals surface area contributed by atoms with E-state index in [1.165, 1.54) is 24.0 Å². The van der Waals surface area contributed by atoms with Gasteiger partial charge in [-0.05, 0) is 48.9 Å². The Morgan fingerprint density at radius 2 is 2.32 bits per heavy atom. The fourth-order valence-electron chi connectivity index (χ4n) is 3.02. The van der Waals surface area contributed by atoms with Crippen molar-refractivity contribution in [3.05, 3.63) is 29.3 Å². The standard InChI is InChI=1S/C16H25NO2/c1-3-5-13(11-19-2)17-16-7-4-6-12-10-14(18)8-9-15(12)16/h8-10,13,16-18H,3-7,11H2,1-2H3. The quantitative estimate of drug-likeness (QED) is 0.828. The molecule has 19 heavy (non-hydrogen) atoms. The summed E-state index contributed by atoms with van der Waals surface area (Å²) in [5, 5.41) is 13.3. The van der Waals surface area contributed by atoms with Gasteiger partial charge >= 0.3 is 0 Å². The van der Waals surface area contributed by atoms with Crippen LogP contribution < -0.4 is 5.32 Å². The van der Waals surface area contributed by atoms with E-state index in [4.69, 9.17) is 4.74 Å². The summed E-state index contributed by atoms with van der Waals surface area (Å²) >= 11 is 0. The summed E-state index contributed by atoms with van der Waals surface area (Å²) in [5.41, 5.74) is 2.64. The van der Waals surface area contributed by atoms with Crippen molar-refractivity contribution in [2.75, 3.05) is 13.7 Å². The van der Waals surface area contributed by atoms with Crippen molar-refractivity contribution in [1.82, 2.24) is 5.32 Å². The largest absolute Gasteiger partial charge is 0.508 e. The van der Waals surface area contributed by atoms with Gasteiger partial charge in [-0.15, -0.1) is 0 Å². The Hall–Kier alpha value is -1.06. The number of ether oxygens (including phenoxy) is 1. The van der Waals surface area contributed by atoms with Crippen LogP contribution in [0.15, 0.2) is 18.2 Å². The van der Waals surface area contributed by atoms with Gasteiger partial charge in [-0.25, -0.2) is 0 Å². The molecule has 2 atom stereocenters. The molecule has 0 radical (unpaired) electrons. The molecule has 2 rings (SSSR count). The number of rotatable bonds is 6. The summed E-state index contributed by atoms with van der Waals surface area (Å²) in [6, 6.07) is 6.59. The number of phenols is 1. The smallest absolute Gasteiger partial charge is 0.115 e. The van der Waals surface area contributed by atoms with Crippen molar-refractivity contribution in [1.29, 1.82) is 0 Å². The van der Waals surface area contributed by atoms with E-state index in [-0.39, 0.29) is 0 Å². The van der Waals surface area contributed by atoms with Crippen LogP contribution in [0.3, 0.4) is 0 Å². The van der Waals surface area contributed by atoms with Crippen molar-refractivity contribution in [2.45, 2.75) is 51.1 Å². The predicted molar refractivity (Wildman–Crippen MR) is 77.5 cm³/mol. The first-order valence-electron chi connectivity index (χ1n) is 7.31. The predicted octanol–water partition coefficient (Wildman–Crippen LogP) is 3.17. The number of aromatic hydroxyl groups is 1. The van der Waals surface area contributed by atoms with Gasteiger partial charge in [0.15, 0.2) is 0 Å². The van der Waals surface area contributed by atoms with E-state index in [0.717, 1.165) is 25.9 Å². The molecule has 0 aromatic heterocycles. The van der Waals surface area contributed by atoms with Gasteiger partial charge in [0.2, 0.25) is 0 Å². The van der Waals surface area contributed by atoms with Gasteiger partial charge < -0.3 is 15.2 Å². The van der Waals surface area contributed by atoms with E-state index >= 15 is 0 Å². The molecular weight excluding hydrogens is 238 g/mol. The van der Waals surface area contributed by atoms with Gasteiger partial charge in [-0.2, -0.15) is 0 Å². The van der Waals surface area contributed by atoms with Gasteiger partial charge in [0, 0.05) is 19.2 Å². The lowest BCUT2D eigenvalue weighted by Crippen LogP contribution is -2.37. The zero-order valence-corrected chi connectivity index (χ0v) is 12.0. The molecule has 3 heteroatoms. The van der Waals surface area contributed by atoms with Crippen LogP contribution in [0.4, 0.5) is 0 Å². The number of phenolic OH excluding ortho intramolecular Hbond substituents is 1. The number of hydrogen-bond donors (Lipinski definition) is 2. The van der Waals surface area contributed by atoms with E-state index in [9.17, 15) is 5.11 Å². The minimum absolute atomic E-state index is 0.376. The highest BCUT2D eigenvalue weighted by atomic mass is 16.5. The topological polar surface area (TPSA) is 41.5 Å². The molecule has 0 saturated heterocycles. The van der Waals surface area contributed by atoms with Crippen LogP contribution in [0, 0.1) is 0 Å². The number of hydrogen-bond acceptors (Lipinski definition) is 3. The molecule has 1 aliphatic rings. The first-order valence-corrected chi connectivity index (χ1v) is 7.31. The summed E-state index contributed by atoms with van der Waals surface area (Å²) in [5.74, 6) is 0.376. The minimum atomic E-state index is 0.376. The molecule has 0 fully saturated rings. The van der Waals surface area contributed by atoms with Crippen LogP contribution in [-0.2, 0) is 11.2 Å². The zero-order chi connectivity index (χ0) is 13.7. The van der Waals surface area contributed by atoms with Crippen LogP contribution in [0.5, 0.6) is 5.75 Å². The zero-order valence-electron chi connectivity index (χ0n) is 12.0. The van der Waals surface area contributed by atoms with Crippen molar-refractivity contribution in [2.24, 2.45) is 0 Å². The van der Waals surface area contributed by atoms with Gasteiger partial charge in [0.25, 0.3) is 0 Å². The molecule has 106 valence electrons. The first-order chi connectivity index (χ1) is 9.24. The molecule has 0 spiro atoms. The van der Waals surface area contributed by atoms with Crippen LogP contribution in [-0.4, -0.2) is 24.9 Å². The maximum atomic E-state index is 9.58. The van der Waals surface area contributed by atoms with Crippen LogP contribution >= 0.6 is 0 Å². The molecule has 0 bridgehead atoms. The van der Waals surface area contributed by atoms with E-state index in [2.05, 4.69) is 18.3 Å². The molecule has 0 saturated carbocycles. The highest BCUT2D eigenvalue weighted by Gasteiger charge is 2.22. The maximum Gasteiger partial charge on any atom is 0.115 e. The van der Waals surface area contributed by atoms with Crippen molar-refractivity contribution in [3.8, 4) is 5.75 Å². The van der Waals surface area contributed by atoms with E-state index in [1.807, 2.05) is 6.07 Å². The fourth-order valence-corrected chi connectivity index (χ4v) is 3.02. The van der Waals surface area contributed by atoms with Crippen molar-refractivity contribution >= 4 is 0 Å². The third-order valence-electron chi connectivity index (χ3n) is 3.88. The molecular formula is C16H25NO2. The second-order valence-electron chi connectivity index (χ2n) is 5.44. The average Bonchev–Trinajstić information content (AvgIpc) is 2.39. The normalized spacial score (nSPS) is 20.0. The molecule has 0 heterocycles. The summed E-state index contributed by atoms with van der Waals surface area (Å²) in [6.45, 7) is 2.97. The number of nitrogens with one attached hydrogen (secondary N) is 1. The first kappa shape index (κ1) is 14.4. The van der Waals surface area contributed by atoms with Gasteiger partial charge in [-0.3, -0.25) is 0 Å². The lowest BCUT2D eigenvalue weighted by atomic mass is 9.87. The number of methoxy groups -OCH3 is 1. The molecule has 1 aromatic rings. The summed E-state index contributed by atoms with van der Waals surface area (Å²) in [4.78, 5) is 0. The van der Waals surface area contributed by atoms with Gasteiger partial charge in [0.05, 0.1) is 6.61 Å². The molecule has 3 nitrogen and oxygen atoms in total. The Morgan fingerprint density at radius 3 is 3.05 bits per heavy atom. The Bertz CT molecular complexity index is 400. The maximum absolute atomic E-state index is 9.58. The summed E-state index contributed by atoms with van der Waals surface area (Å²) in [7, 11) is 1.76. The summed E-state index contributed by atoms with van der Waals surface area (Å²) in [6.07, 6.45) is 5.72. The SMILES string of the molecule is CCCC(COC)NC1CCCc2cc(O)ccc21. The molecule has 2 N–H and O–H groups in total. The molecule has 1 aliphatic carbocycles. The lowest BCUT2D eigenvalue weighted by molar-refractivity contribution is 0.154. The van der Waals surface area contributed by atoms with E-state index < -0.39 is 0 Å². The second kappa shape index (κ2) is 6.92. The van der Waals surface area contributed by atoms with Crippen molar-refractivity contribution < 1.29 is 9.84 Å². The minimum Gasteiger partial charge on any atom is -0.508 e. The van der Waals surface area contributed by atoms with E-state index in [0.29, 0.717) is 17.8 Å². The Morgan fingerprint density at radius 1 is 1.47 bits per heavy atom. The van der Waals surface area contributed by atoms with Gasteiger partial charge in [-0.1, -0.05) is 19.4 Å².